The molecule has 0 bridgehead atoms. The molecule has 1 saturated heterocycles. The van der Waals surface area contributed by atoms with E-state index in [9.17, 15) is 0 Å². The zero-order chi connectivity index (χ0) is 10.1. The molecule has 5 heteroatoms. The number of hydrogen-bond donors (Lipinski definition) is 1. The summed E-state index contributed by atoms with van der Waals surface area (Å²) in [5.41, 5.74) is 0.981. The van der Waals surface area contributed by atoms with Crippen LogP contribution in [0, 0.1) is 6.92 Å². The third kappa shape index (κ3) is 1.74. The smallest absolute Gasteiger partial charge is 0.225 e. The minimum absolute atomic E-state index is 0.538. The number of aromatic nitrogens is 2. The Labute approximate surface area is 91.9 Å². The van der Waals surface area contributed by atoms with Crippen LogP contribution in [0.3, 0.4) is 0 Å². The van der Waals surface area contributed by atoms with E-state index in [2.05, 4.69) is 36.1 Å². The van der Waals surface area contributed by atoms with Gasteiger partial charge in [0.15, 0.2) is 0 Å². The van der Waals surface area contributed by atoms with Gasteiger partial charge in [-0.2, -0.15) is 0 Å². The molecule has 0 radical (unpaired) electrons. The predicted octanol–water partition coefficient (Wildman–Crippen LogP) is 0.956. The van der Waals surface area contributed by atoms with E-state index in [-0.39, 0.29) is 0 Å². The molecule has 14 heavy (non-hydrogen) atoms. The molecule has 0 amide bonds. The standard InChI is InChI=1S/C9H13BrN4/c1-6-8(10)5-12-9(13-6)14(2)7-3-11-4-7/h5,7,11H,3-4H2,1-2H3. The maximum absolute atomic E-state index is 4.42. The fourth-order valence-electron chi connectivity index (χ4n) is 1.32. The van der Waals surface area contributed by atoms with Crippen LogP contribution in [0.1, 0.15) is 5.69 Å². The molecule has 1 fully saturated rings. The lowest BCUT2D eigenvalue weighted by Gasteiger charge is -2.35. The van der Waals surface area contributed by atoms with Gasteiger partial charge in [-0.15, -0.1) is 0 Å². The Morgan fingerprint density at radius 3 is 2.79 bits per heavy atom. The third-order valence-electron chi connectivity index (χ3n) is 2.53. The van der Waals surface area contributed by atoms with Crippen LogP contribution in [-0.2, 0) is 0 Å². The summed E-state index contributed by atoms with van der Waals surface area (Å²) in [7, 11) is 2.04. The van der Waals surface area contributed by atoms with Crippen molar-refractivity contribution in [1.29, 1.82) is 0 Å². The van der Waals surface area contributed by atoms with Gasteiger partial charge in [0.2, 0.25) is 5.95 Å². The molecular formula is C9H13BrN4. The number of rotatable bonds is 2. The van der Waals surface area contributed by atoms with E-state index < -0.39 is 0 Å². The second-order valence-corrected chi connectivity index (χ2v) is 4.38. The van der Waals surface area contributed by atoms with Crippen LogP contribution in [-0.4, -0.2) is 36.1 Å². The summed E-state index contributed by atoms with van der Waals surface area (Å²) in [6.07, 6.45) is 1.81. The summed E-state index contributed by atoms with van der Waals surface area (Å²) in [5.74, 6) is 0.803. The molecule has 1 aliphatic rings. The highest BCUT2D eigenvalue weighted by atomic mass is 79.9. The number of nitrogens with one attached hydrogen (secondary N) is 1. The van der Waals surface area contributed by atoms with Crippen molar-refractivity contribution in [2.24, 2.45) is 0 Å². The lowest BCUT2D eigenvalue weighted by Crippen LogP contribution is -2.56. The van der Waals surface area contributed by atoms with Gasteiger partial charge in [-0.3, -0.25) is 0 Å². The van der Waals surface area contributed by atoms with Crippen molar-refractivity contribution in [2.75, 3.05) is 25.0 Å². The normalized spacial score (nSPS) is 16.5. The summed E-state index contributed by atoms with van der Waals surface area (Å²) in [6.45, 7) is 4.02. The van der Waals surface area contributed by atoms with Gasteiger partial charge >= 0.3 is 0 Å². The molecule has 1 N–H and O–H groups in total. The van der Waals surface area contributed by atoms with Crippen molar-refractivity contribution in [3.05, 3.63) is 16.4 Å². The van der Waals surface area contributed by atoms with Crippen molar-refractivity contribution >= 4 is 21.9 Å². The summed E-state index contributed by atoms with van der Waals surface area (Å²) >= 11 is 3.39. The van der Waals surface area contributed by atoms with Crippen molar-refractivity contribution in [2.45, 2.75) is 13.0 Å². The average molecular weight is 257 g/mol. The van der Waals surface area contributed by atoms with Crippen LogP contribution in [0.4, 0.5) is 5.95 Å². The molecule has 0 atom stereocenters. The molecule has 0 aliphatic carbocycles. The van der Waals surface area contributed by atoms with Gasteiger partial charge in [0.1, 0.15) is 0 Å². The maximum atomic E-state index is 4.42. The molecule has 2 heterocycles. The van der Waals surface area contributed by atoms with Gasteiger partial charge in [-0.1, -0.05) is 0 Å². The van der Waals surface area contributed by atoms with Gasteiger partial charge in [0, 0.05) is 26.3 Å². The second kappa shape index (κ2) is 3.82. The Hall–Kier alpha value is -0.680. The Kier molecular flexibility index (Phi) is 2.69. The first kappa shape index (κ1) is 9.86. The van der Waals surface area contributed by atoms with Gasteiger partial charge in [0.25, 0.3) is 0 Å². The van der Waals surface area contributed by atoms with E-state index in [4.69, 9.17) is 0 Å². The fourth-order valence-corrected chi connectivity index (χ4v) is 1.51. The number of halogens is 1. The van der Waals surface area contributed by atoms with Crippen LogP contribution in [0.15, 0.2) is 10.7 Å². The zero-order valence-electron chi connectivity index (χ0n) is 8.29. The van der Waals surface area contributed by atoms with Gasteiger partial charge in [-0.05, 0) is 22.9 Å². The summed E-state index contributed by atoms with van der Waals surface area (Å²) in [4.78, 5) is 10.8. The summed E-state index contributed by atoms with van der Waals surface area (Å²) in [6, 6.07) is 0.538. The summed E-state index contributed by atoms with van der Waals surface area (Å²) in [5, 5.41) is 3.23. The molecule has 4 nitrogen and oxygen atoms in total. The number of anilines is 1. The van der Waals surface area contributed by atoms with Gasteiger partial charge < -0.3 is 10.2 Å². The minimum atomic E-state index is 0.538. The minimum Gasteiger partial charge on any atom is -0.338 e. The van der Waals surface area contributed by atoms with Crippen LogP contribution in [0.2, 0.25) is 0 Å². The SMILES string of the molecule is Cc1nc(N(C)C2CNC2)ncc1Br. The monoisotopic (exact) mass is 256 g/mol. The Morgan fingerprint density at radius 2 is 2.29 bits per heavy atom. The molecular weight excluding hydrogens is 244 g/mol. The van der Waals surface area contributed by atoms with Crippen LogP contribution < -0.4 is 10.2 Å². The second-order valence-electron chi connectivity index (χ2n) is 3.53. The predicted molar refractivity (Wildman–Crippen MR) is 59.5 cm³/mol. The van der Waals surface area contributed by atoms with Crippen LogP contribution in [0.25, 0.3) is 0 Å². The van der Waals surface area contributed by atoms with Crippen LogP contribution >= 0.6 is 15.9 Å². The van der Waals surface area contributed by atoms with Crippen LogP contribution in [0.5, 0.6) is 0 Å². The molecule has 1 aromatic heterocycles. The third-order valence-corrected chi connectivity index (χ3v) is 3.31. The van der Waals surface area contributed by atoms with Crippen molar-refractivity contribution in [3.63, 3.8) is 0 Å². The average Bonchev–Trinajstić information content (AvgIpc) is 2.06. The molecule has 2 rings (SSSR count). The molecule has 0 unspecified atom stereocenters. The Bertz CT molecular complexity index is 338. The van der Waals surface area contributed by atoms with E-state index in [0.717, 1.165) is 29.2 Å². The zero-order valence-corrected chi connectivity index (χ0v) is 9.87. The van der Waals surface area contributed by atoms with Gasteiger partial charge in [-0.25, -0.2) is 9.97 Å². The number of nitrogens with zero attached hydrogens (tertiary/aromatic N) is 3. The van der Waals surface area contributed by atoms with Crippen molar-refractivity contribution in [1.82, 2.24) is 15.3 Å². The molecule has 0 aromatic carbocycles. The topological polar surface area (TPSA) is 41.1 Å². The van der Waals surface area contributed by atoms with E-state index in [0.29, 0.717) is 6.04 Å². The first-order valence-electron chi connectivity index (χ1n) is 4.61. The first-order valence-corrected chi connectivity index (χ1v) is 5.40. The first-order chi connectivity index (χ1) is 6.68. The van der Waals surface area contributed by atoms with E-state index >= 15 is 0 Å². The molecule has 76 valence electrons. The highest BCUT2D eigenvalue weighted by molar-refractivity contribution is 9.10. The summed E-state index contributed by atoms with van der Waals surface area (Å²) < 4.78 is 0.960. The van der Waals surface area contributed by atoms with E-state index in [1.165, 1.54) is 0 Å². The molecule has 1 aliphatic heterocycles. The Balaban J connectivity index is 2.18. The van der Waals surface area contributed by atoms with E-state index in [1.54, 1.807) is 6.20 Å². The largest absolute Gasteiger partial charge is 0.338 e. The number of aryl methyl sites for hydroxylation is 1. The number of likely N-dealkylation sites (N-methyl/N-ethyl adjacent to an activating group) is 1. The van der Waals surface area contributed by atoms with Gasteiger partial charge in [0.05, 0.1) is 16.2 Å². The maximum Gasteiger partial charge on any atom is 0.225 e. The highest BCUT2D eigenvalue weighted by Gasteiger charge is 2.23. The fraction of sp³-hybridized carbons (Fsp3) is 0.556. The van der Waals surface area contributed by atoms with E-state index in [1.807, 2.05) is 14.0 Å². The lowest BCUT2D eigenvalue weighted by atomic mass is 10.1. The molecule has 1 aromatic rings. The Morgan fingerprint density at radius 1 is 1.57 bits per heavy atom. The quantitative estimate of drug-likeness (QED) is 0.856. The molecule has 0 saturated carbocycles. The lowest BCUT2D eigenvalue weighted by molar-refractivity contribution is 0.424. The highest BCUT2D eigenvalue weighted by Crippen LogP contribution is 2.17. The number of hydrogen-bond acceptors (Lipinski definition) is 4. The van der Waals surface area contributed by atoms with Crippen molar-refractivity contribution < 1.29 is 0 Å². The van der Waals surface area contributed by atoms with Crippen molar-refractivity contribution in [3.8, 4) is 0 Å². The molecule has 0 spiro atoms.